The normalized spacial score (nSPS) is 19.1. The highest BCUT2D eigenvalue weighted by Crippen LogP contribution is 2.34. The molecule has 7 nitrogen and oxygen atoms in total. The molecule has 2 aliphatic rings. The number of nitrogens with one attached hydrogen (secondary N) is 1. The Bertz CT molecular complexity index is 1030. The fourth-order valence-corrected chi connectivity index (χ4v) is 3.71. The van der Waals surface area contributed by atoms with Crippen LogP contribution in [0, 0.1) is 0 Å². The summed E-state index contributed by atoms with van der Waals surface area (Å²) in [5.41, 5.74) is 0.158. The maximum absolute atomic E-state index is 13.1. The highest BCUT2D eigenvalue weighted by molar-refractivity contribution is 7.80. The molecular weight excluding hydrogens is 437 g/mol. The highest BCUT2D eigenvalue weighted by Gasteiger charge is 2.36. The van der Waals surface area contributed by atoms with Gasteiger partial charge < -0.3 is 14.1 Å². The molecule has 2 amide bonds. The van der Waals surface area contributed by atoms with E-state index in [1.807, 2.05) is 4.90 Å². The van der Waals surface area contributed by atoms with Crippen LogP contribution in [0.4, 0.5) is 11.6 Å². The monoisotopic (exact) mass is 451 g/mol. The molecule has 0 aliphatic carbocycles. The standard InChI is InChI=1S/C19H15Cl2N3O4S/c20-13-2-1-3-14(16(13)21)24-18(26)12(17(25)22-19(24)29)10-11-4-5-15(28-11)23-6-8-27-9-7-23/h1-5,10H,6-9H2,(H,22,25,29)/b12-10+. The average molecular weight is 452 g/mol. The summed E-state index contributed by atoms with van der Waals surface area (Å²) in [7, 11) is 0. The second-order valence-electron chi connectivity index (χ2n) is 6.31. The molecule has 2 aromatic rings. The summed E-state index contributed by atoms with van der Waals surface area (Å²) in [6, 6.07) is 8.31. The molecule has 0 atom stereocenters. The Balaban J connectivity index is 1.65. The van der Waals surface area contributed by atoms with Crippen molar-refractivity contribution < 1.29 is 18.7 Å². The third kappa shape index (κ3) is 3.89. The molecule has 3 heterocycles. The quantitative estimate of drug-likeness (QED) is 0.438. The molecular formula is C19H15Cl2N3O4S. The predicted molar refractivity (Wildman–Crippen MR) is 114 cm³/mol. The van der Waals surface area contributed by atoms with Crippen LogP contribution in [0.15, 0.2) is 40.3 Å². The van der Waals surface area contributed by atoms with Crippen LogP contribution in [-0.4, -0.2) is 43.2 Å². The Labute approximate surface area is 181 Å². The first-order chi connectivity index (χ1) is 14.0. The van der Waals surface area contributed by atoms with E-state index in [-0.39, 0.29) is 26.4 Å². The minimum absolute atomic E-state index is 0.0743. The largest absolute Gasteiger partial charge is 0.441 e. The van der Waals surface area contributed by atoms with E-state index < -0.39 is 11.8 Å². The lowest BCUT2D eigenvalue weighted by molar-refractivity contribution is -0.122. The Kier molecular flexibility index (Phi) is 5.60. The number of nitrogens with zero attached hydrogens (tertiary/aromatic N) is 2. The van der Waals surface area contributed by atoms with Gasteiger partial charge in [0, 0.05) is 19.2 Å². The molecule has 0 saturated carbocycles. The minimum Gasteiger partial charge on any atom is -0.441 e. The molecule has 0 unspecified atom stereocenters. The van der Waals surface area contributed by atoms with E-state index in [0.29, 0.717) is 37.9 Å². The number of furan rings is 1. The van der Waals surface area contributed by atoms with Gasteiger partial charge in [0.1, 0.15) is 11.3 Å². The van der Waals surface area contributed by atoms with Crippen LogP contribution < -0.4 is 15.1 Å². The summed E-state index contributed by atoms with van der Waals surface area (Å²) in [4.78, 5) is 28.6. The van der Waals surface area contributed by atoms with Gasteiger partial charge in [0.2, 0.25) is 0 Å². The summed E-state index contributed by atoms with van der Waals surface area (Å²) in [5.74, 6) is -0.213. The molecule has 29 heavy (non-hydrogen) atoms. The van der Waals surface area contributed by atoms with Crippen molar-refractivity contribution in [2.75, 3.05) is 36.1 Å². The summed E-state index contributed by atoms with van der Waals surface area (Å²) < 4.78 is 11.1. The lowest BCUT2D eigenvalue weighted by atomic mass is 10.1. The van der Waals surface area contributed by atoms with Gasteiger partial charge in [-0.3, -0.25) is 19.8 Å². The zero-order valence-corrected chi connectivity index (χ0v) is 17.3. The van der Waals surface area contributed by atoms with Crippen molar-refractivity contribution in [2.45, 2.75) is 0 Å². The van der Waals surface area contributed by atoms with E-state index in [9.17, 15) is 9.59 Å². The summed E-state index contributed by atoms with van der Waals surface area (Å²) >= 11 is 17.5. The summed E-state index contributed by atoms with van der Waals surface area (Å²) in [6.45, 7) is 2.64. The number of benzene rings is 1. The highest BCUT2D eigenvalue weighted by atomic mass is 35.5. The lowest BCUT2D eigenvalue weighted by Crippen LogP contribution is -2.54. The third-order valence-electron chi connectivity index (χ3n) is 4.50. The number of amides is 2. The average Bonchev–Trinajstić information content (AvgIpc) is 3.18. The smallest absolute Gasteiger partial charge is 0.270 e. The number of hydrogen-bond acceptors (Lipinski definition) is 6. The second kappa shape index (κ2) is 8.16. The number of ether oxygens (including phenoxy) is 1. The van der Waals surface area contributed by atoms with Gasteiger partial charge >= 0.3 is 0 Å². The van der Waals surface area contributed by atoms with E-state index in [0.717, 1.165) is 4.90 Å². The topological polar surface area (TPSA) is 75.0 Å². The predicted octanol–water partition coefficient (Wildman–Crippen LogP) is 3.25. The van der Waals surface area contributed by atoms with Crippen LogP contribution in [-0.2, 0) is 14.3 Å². The van der Waals surface area contributed by atoms with Gasteiger partial charge in [0.25, 0.3) is 11.8 Å². The molecule has 2 aliphatic heterocycles. The number of carbonyl (C=O) groups is 2. The number of rotatable bonds is 3. The van der Waals surface area contributed by atoms with Crippen LogP contribution in [0.3, 0.4) is 0 Å². The molecule has 10 heteroatoms. The number of thiocarbonyl (C=S) groups is 1. The molecule has 0 bridgehead atoms. The van der Waals surface area contributed by atoms with Crippen LogP contribution in [0.25, 0.3) is 6.08 Å². The van der Waals surface area contributed by atoms with E-state index in [4.69, 9.17) is 44.6 Å². The fraction of sp³-hybridized carbons (Fsp3) is 0.211. The first-order valence-electron chi connectivity index (χ1n) is 8.73. The molecule has 0 spiro atoms. The second-order valence-corrected chi connectivity index (χ2v) is 7.48. The van der Waals surface area contributed by atoms with Crippen molar-refractivity contribution in [3.63, 3.8) is 0 Å². The van der Waals surface area contributed by atoms with Crippen LogP contribution in [0.2, 0.25) is 10.0 Å². The molecule has 2 saturated heterocycles. The Morgan fingerprint density at radius 2 is 1.86 bits per heavy atom. The summed E-state index contributed by atoms with van der Waals surface area (Å²) in [5, 5.41) is 2.86. The molecule has 1 aromatic carbocycles. The van der Waals surface area contributed by atoms with E-state index in [1.54, 1.807) is 30.3 Å². The molecule has 150 valence electrons. The number of halogens is 2. The van der Waals surface area contributed by atoms with E-state index in [1.165, 1.54) is 6.08 Å². The molecule has 1 aromatic heterocycles. The SMILES string of the molecule is O=C1NC(=S)N(c2cccc(Cl)c2Cl)C(=O)/C1=C/c1ccc(N2CCOCC2)o1. The minimum atomic E-state index is -0.618. The van der Waals surface area contributed by atoms with E-state index >= 15 is 0 Å². The first-order valence-corrected chi connectivity index (χ1v) is 9.90. The fourth-order valence-electron chi connectivity index (χ4n) is 3.06. The Morgan fingerprint density at radius 1 is 1.10 bits per heavy atom. The maximum atomic E-state index is 13.1. The lowest BCUT2D eigenvalue weighted by Gasteiger charge is -2.29. The van der Waals surface area contributed by atoms with E-state index in [2.05, 4.69) is 5.32 Å². The van der Waals surface area contributed by atoms with Gasteiger partial charge in [-0.25, -0.2) is 0 Å². The van der Waals surface area contributed by atoms with Gasteiger partial charge in [-0.1, -0.05) is 29.3 Å². The van der Waals surface area contributed by atoms with Crippen molar-refractivity contribution in [3.8, 4) is 0 Å². The molecule has 0 radical (unpaired) electrons. The number of carbonyl (C=O) groups excluding carboxylic acids is 2. The van der Waals surface area contributed by atoms with Crippen LogP contribution >= 0.6 is 35.4 Å². The molecule has 2 fully saturated rings. The molecule has 4 rings (SSSR count). The molecule has 1 N–H and O–H groups in total. The van der Waals surface area contributed by atoms with Crippen LogP contribution in [0.5, 0.6) is 0 Å². The maximum Gasteiger partial charge on any atom is 0.270 e. The summed E-state index contributed by atoms with van der Waals surface area (Å²) in [6.07, 6.45) is 1.38. The van der Waals surface area contributed by atoms with Gasteiger partial charge in [0.05, 0.1) is 28.9 Å². The van der Waals surface area contributed by atoms with Crippen molar-refractivity contribution in [3.05, 3.63) is 51.7 Å². The van der Waals surface area contributed by atoms with Crippen LogP contribution in [0.1, 0.15) is 5.76 Å². The number of morpholine rings is 1. The Morgan fingerprint density at radius 3 is 2.62 bits per heavy atom. The zero-order chi connectivity index (χ0) is 20.5. The van der Waals surface area contributed by atoms with Crippen molar-refractivity contribution >= 4 is 70.0 Å². The van der Waals surface area contributed by atoms with Crippen molar-refractivity contribution in [2.24, 2.45) is 0 Å². The number of anilines is 2. The van der Waals surface area contributed by atoms with Gasteiger partial charge in [-0.2, -0.15) is 0 Å². The Hall–Kier alpha value is -2.39. The first kappa shape index (κ1) is 19.9. The zero-order valence-electron chi connectivity index (χ0n) is 15.0. The van der Waals surface area contributed by atoms with Crippen molar-refractivity contribution in [1.29, 1.82) is 0 Å². The third-order valence-corrected chi connectivity index (χ3v) is 5.59. The van der Waals surface area contributed by atoms with Gasteiger partial charge in [-0.05, 0) is 36.5 Å². The van der Waals surface area contributed by atoms with Crippen molar-refractivity contribution in [1.82, 2.24) is 5.32 Å². The van der Waals surface area contributed by atoms with Gasteiger partial charge in [0.15, 0.2) is 11.0 Å². The van der Waals surface area contributed by atoms with Gasteiger partial charge in [-0.15, -0.1) is 0 Å². The number of hydrogen-bond donors (Lipinski definition) is 1.